The van der Waals surface area contributed by atoms with Crippen LogP contribution in [0.15, 0.2) is 23.2 Å². The number of likely N-dealkylation sites (tertiary alicyclic amines) is 1. The Labute approximate surface area is 144 Å². The van der Waals surface area contributed by atoms with Crippen molar-refractivity contribution in [3.63, 3.8) is 0 Å². The van der Waals surface area contributed by atoms with Gasteiger partial charge in [0.25, 0.3) is 0 Å². The first-order chi connectivity index (χ1) is 11.1. The SMILES string of the molecule is CC(C)N(C(C)C)S(=O)(=O)c1ccc(NC2CCN(C)C2=O)nc1. The number of likely N-dealkylation sites (N-methyl/N-ethyl adjacent to an activating group) is 1. The van der Waals surface area contributed by atoms with Crippen LogP contribution in [0.5, 0.6) is 0 Å². The fourth-order valence-corrected chi connectivity index (χ4v) is 4.81. The van der Waals surface area contributed by atoms with Gasteiger partial charge in [-0.3, -0.25) is 4.79 Å². The average Bonchev–Trinajstić information content (AvgIpc) is 2.78. The number of amides is 1. The van der Waals surface area contributed by atoms with Crippen LogP contribution in [0, 0.1) is 0 Å². The molecule has 1 fully saturated rings. The molecular weight excluding hydrogens is 328 g/mol. The molecule has 134 valence electrons. The Kier molecular flexibility index (Phi) is 5.49. The zero-order chi connectivity index (χ0) is 18.1. The van der Waals surface area contributed by atoms with Crippen molar-refractivity contribution in [2.24, 2.45) is 0 Å². The molecule has 1 N–H and O–H groups in total. The van der Waals surface area contributed by atoms with E-state index in [2.05, 4.69) is 10.3 Å². The maximum atomic E-state index is 12.8. The lowest BCUT2D eigenvalue weighted by molar-refractivity contribution is -0.127. The summed E-state index contributed by atoms with van der Waals surface area (Å²) >= 11 is 0. The number of pyridine rings is 1. The Morgan fingerprint density at radius 3 is 2.29 bits per heavy atom. The first-order valence-electron chi connectivity index (χ1n) is 8.15. The van der Waals surface area contributed by atoms with E-state index >= 15 is 0 Å². The van der Waals surface area contributed by atoms with Crippen molar-refractivity contribution in [3.8, 4) is 0 Å². The molecule has 0 aliphatic carbocycles. The maximum absolute atomic E-state index is 12.8. The highest BCUT2D eigenvalue weighted by Gasteiger charge is 2.31. The average molecular weight is 354 g/mol. The molecule has 1 atom stereocenters. The predicted octanol–water partition coefficient (Wildman–Crippen LogP) is 1.53. The maximum Gasteiger partial charge on any atom is 0.245 e. The van der Waals surface area contributed by atoms with Gasteiger partial charge in [-0.15, -0.1) is 0 Å². The third kappa shape index (κ3) is 3.70. The lowest BCUT2D eigenvalue weighted by Crippen LogP contribution is -2.41. The van der Waals surface area contributed by atoms with Crippen LogP contribution in [0.2, 0.25) is 0 Å². The highest BCUT2D eigenvalue weighted by Crippen LogP contribution is 2.22. The van der Waals surface area contributed by atoms with Crippen LogP contribution < -0.4 is 5.32 Å². The minimum absolute atomic E-state index is 0.0271. The first kappa shape index (κ1) is 18.7. The number of carbonyl (C=O) groups excluding carboxylic acids is 1. The molecule has 1 aromatic heterocycles. The number of nitrogens with one attached hydrogen (secondary N) is 1. The van der Waals surface area contributed by atoms with Gasteiger partial charge < -0.3 is 10.2 Å². The van der Waals surface area contributed by atoms with Crippen LogP contribution >= 0.6 is 0 Å². The van der Waals surface area contributed by atoms with Crippen LogP contribution in [0.4, 0.5) is 5.82 Å². The summed E-state index contributed by atoms with van der Waals surface area (Å²) < 4.78 is 27.0. The molecule has 0 aromatic carbocycles. The number of rotatable bonds is 6. The number of hydrogen-bond donors (Lipinski definition) is 1. The zero-order valence-corrected chi connectivity index (χ0v) is 15.7. The Morgan fingerprint density at radius 2 is 1.88 bits per heavy atom. The third-order valence-corrected chi connectivity index (χ3v) is 6.31. The molecule has 0 radical (unpaired) electrons. The van der Waals surface area contributed by atoms with Gasteiger partial charge in [-0.25, -0.2) is 13.4 Å². The van der Waals surface area contributed by atoms with Gasteiger partial charge in [0.15, 0.2) is 0 Å². The molecule has 8 heteroatoms. The lowest BCUT2D eigenvalue weighted by atomic mass is 10.2. The summed E-state index contributed by atoms with van der Waals surface area (Å²) in [5.41, 5.74) is 0. The lowest BCUT2D eigenvalue weighted by Gasteiger charge is -2.29. The standard InChI is InChI=1S/C16H26N4O3S/c1-11(2)20(12(3)4)24(22,23)13-6-7-15(17-10-13)18-14-8-9-19(5)16(14)21/h6-7,10-12,14H,8-9H2,1-5H3,(H,17,18). The van der Waals surface area contributed by atoms with Crippen molar-refractivity contribution in [1.29, 1.82) is 0 Å². The summed E-state index contributed by atoms with van der Waals surface area (Å²) in [5, 5.41) is 3.06. The molecule has 7 nitrogen and oxygen atoms in total. The minimum Gasteiger partial charge on any atom is -0.358 e. The predicted molar refractivity (Wildman–Crippen MR) is 93.2 cm³/mol. The molecular formula is C16H26N4O3S. The summed E-state index contributed by atoms with van der Waals surface area (Å²) in [7, 11) is -1.83. The normalized spacial score (nSPS) is 18.9. The fraction of sp³-hybridized carbons (Fsp3) is 0.625. The van der Waals surface area contributed by atoms with E-state index in [1.54, 1.807) is 18.0 Å². The van der Waals surface area contributed by atoms with Gasteiger partial charge in [-0.1, -0.05) is 0 Å². The number of carbonyl (C=O) groups is 1. The van der Waals surface area contributed by atoms with Crippen molar-refractivity contribution < 1.29 is 13.2 Å². The Morgan fingerprint density at radius 1 is 1.25 bits per heavy atom. The monoisotopic (exact) mass is 354 g/mol. The molecule has 1 aliphatic heterocycles. The summed E-state index contributed by atoms with van der Waals surface area (Å²) in [6.07, 6.45) is 2.06. The van der Waals surface area contributed by atoms with Crippen molar-refractivity contribution >= 4 is 21.7 Å². The van der Waals surface area contributed by atoms with Crippen molar-refractivity contribution in [2.75, 3.05) is 18.9 Å². The van der Waals surface area contributed by atoms with Gasteiger partial charge in [0.1, 0.15) is 16.8 Å². The molecule has 2 heterocycles. The van der Waals surface area contributed by atoms with Gasteiger partial charge in [0.05, 0.1) is 0 Å². The molecule has 0 spiro atoms. The molecule has 24 heavy (non-hydrogen) atoms. The largest absolute Gasteiger partial charge is 0.358 e. The quantitative estimate of drug-likeness (QED) is 0.838. The van der Waals surface area contributed by atoms with Crippen molar-refractivity contribution in [3.05, 3.63) is 18.3 Å². The second-order valence-electron chi connectivity index (χ2n) is 6.65. The van der Waals surface area contributed by atoms with E-state index in [4.69, 9.17) is 0 Å². The minimum atomic E-state index is -3.60. The molecule has 0 saturated carbocycles. The molecule has 1 saturated heterocycles. The van der Waals surface area contributed by atoms with E-state index in [-0.39, 0.29) is 28.9 Å². The molecule has 0 bridgehead atoms. The van der Waals surface area contributed by atoms with Gasteiger partial charge in [0, 0.05) is 31.9 Å². The number of sulfonamides is 1. The van der Waals surface area contributed by atoms with E-state index in [0.717, 1.165) is 0 Å². The molecule has 1 aliphatic rings. The molecule has 2 rings (SSSR count). The van der Waals surface area contributed by atoms with Crippen molar-refractivity contribution in [2.45, 2.75) is 57.1 Å². The van der Waals surface area contributed by atoms with E-state index < -0.39 is 10.0 Å². The fourth-order valence-electron chi connectivity index (χ4n) is 3.03. The smallest absolute Gasteiger partial charge is 0.245 e. The highest BCUT2D eigenvalue weighted by atomic mass is 32.2. The zero-order valence-electron chi connectivity index (χ0n) is 14.9. The molecule has 1 aromatic rings. The van der Waals surface area contributed by atoms with Crippen LogP contribution in [0.3, 0.4) is 0 Å². The van der Waals surface area contributed by atoms with Crippen LogP contribution in [0.1, 0.15) is 34.1 Å². The third-order valence-electron chi connectivity index (χ3n) is 4.08. The summed E-state index contributed by atoms with van der Waals surface area (Å²) in [4.78, 5) is 17.9. The number of aromatic nitrogens is 1. The van der Waals surface area contributed by atoms with Gasteiger partial charge in [-0.05, 0) is 46.2 Å². The van der Waals surface area contributed by atoms with Crippen LogP contribution in [-0.4, -0.2) is 60.2 Å². The number of nitrogens with zero attached hydrogens (tertiary/aromatic N) is 3. The van der Waals surface area contributed by atoms with E-state index in [0.29, 0.717) is 18.8 Å². The molecule has 1 unspecified atom stereocenters. The second-order valence-corrected chi connectivity index (χ2v) is 8.49. The van der Waals surface area contributed by atoms with E-state index in [9.17, 15) is 13.2 Å². The Balaban J connectivity index is 2.18. The van der Waals surface area contributed by atoms with Crippen LogP contribution in [0.25, 0.3) is 0 Å². The van der Waals surface area contributed by atoms with E-state index in [1.165, 1.54) is 16.6 Å². The number of anilines is 1. The Hall–Kier alpha value is -1.67. The van der Waals surface area contributed by atoms with Gasteiger partial charge in [-0.2, -0.15) is 4.31 Å². The Bertz CT molecular complexity index is 678. The summed E-state index contributed by atoms with van der Waals surface area (Å²) in [5.74, 6) is 0.530. The topological polar surface area (TPSA) is 82.6 Å². The number of hydrogen-bond acceptors (Lipinski definition) is 5. The molecule has 1 amide bonds. The van der Waals surface area contributed by atoms with E-state index in [1.807, 2.05) is 27.7 Å². The van der Waals surface area contributed by atoms with Gasteiger partial charge >= 0.3 is 0 Å². The second kappa shape index (κ2) is 7.06. The first-order valence-corrected chi connectivity index (χ1v) is 9.59. The van der Waals surface area contributed by atoms with Gasteiger partial charge in [0.2, 0.25) is 15.9 Å². The van der Waals surface area contributed by atoms with Crippen molar-refractivity contribution in [1.82, 2.24) is 14.2 Å². The summed E-state index contributed by atoms with van der Waals surface area (Å²) in [6, 6.07) is 2.56. The highest BCUT2D eigenvalue weighted by molar-refractivity contribution is 7.89. The van der Waals surface area contributed by atoms with Crippen LogP contribution in [-0.2, 0) is 14.8 Å². The summed E-state index contributed by atoms with van der Waals surface area (Å²) in [6.45, 7) is 8.11.